The topological polar surface area (TPSA) is 91.1 Å². The van der Waals surface area contributed by atoms with Gasteiger partial charge in [0.15, 0.2) is 5.89 Å². The van der Waals surface area contributed by atoms with Crippen molar-refractivity contribution < 1.29 is 4.42 Å². The van der Waals surface area contributed by atoms with Crippen LogP contribution in [-0.2, 0) is 11.8 Å². The number of hydrogen-bond acceptors (Lipinski definition) is 6. The van der Waals surface area contributed by atoms with Crippen LogP contribution in [-0.4, -0.2) is 29.5 Å². The third-order valence-corrected chi connectivity index (χ3v) is 5.39. The first-order valence-corrected chi connectivity index (χ1v) is 8.09. The maximum atomic E-state index is 9.74. The van der Waals surface area contributed by atoms with Gasteiger partial charge in [-0.15, -0.1) is 0 Å². The zero-order valence-electron chi connectivity index (χ0n) is 12.9. The van der Waals surface area contributed by atoms with Crippen molar-refractivity contribution in [3.63, 3.8) is 0 Å². The van der Waals surface area contributed by atoms with Crippen LogP contribution < -0.4 is 11.1 Å². The summed E-state index contributed by atoms with van der Waals surface area (Å²) in [4.78, 5) is 7.20. The maximum absolute atomic E-state index is 9.74. The van der Waals surface area contributed by atoms with Crippen LogP contribution in [0.25, 0.3) is 0 Å². The van der Waals surface area contributed by atoms with E-state index < -0.39 is 0 Å². The van der Waals surface area contributed by atoms with Gasteiger partial charge in [0.05, 0.1) is 17.1 Å². The number of aryl methyl sites for hydroxylation is 1. The molecule has 0 aromatic carbocycles. The minimum Gasteiger partial charge on any atom is -0.425 e. The van der Waals surface area contributed by atoms with Crippen LogP contribution in [0.15, 0.2) is 15.8 Å². The number of rotatable bonds is 2. The summed E-state index contributed by atoms with van der Waals surface area (Å²) in [5.74, 6) is 2.24. The standard InChI is InChI=1S/C16H21N5O/c1-2-3-12-19-13-15(22-12)20-14(18)11(8-17)16(13)9-21-6-4-10(16)5-7-21/h10,20H,2-7,9,18H2,1H3. The number of nitrogens with zero attached hydrogens (tertiary/aromatic N) is 3. The van der Waals surface area contributed by atoms with Gasteiger partial charge < -0.3 is 20.4 Å². The first-order chi connectivity index (χ1) is 10.7. The van der Waals surface area contributed by atoms with Gasteiger partial charge in [0.1, 0.15) is 11.5 Å². The molecule has 116 valence electrons. The molecule has 3 saturated heterocycles. The largest absolute Gasteiger partial charge is 0.425 e. The lowest BCUT2D eigenvalue weighted by molar-refractivity contribution is 0.0422. The van der Waals surface area contributed by atoms with E-state index in [0.29, 0.717) is 23.2 Å². The number of piperidine rings is 3. The van der Waals surface area contributed by atoms with Crippen LogP contribution in [0.3, 0.4) is 0 Å². The van der Waals surface area contributed by atoms with E-state index in [1.807, 2.05) is 0 Å². The van der Waals surface area contributed by atoms with Crippen LogP contribution in [0.5, 0.6) is 0 Å². The van der Waals surface area contributed by atoms with Crippen molar-refractivity contribution >= 4 is 5.88 Å². The van der Waals surface area contributed by atoms with Gasteiger partial charge in [-0.05, 0) is 38.3 Å². The maximum Gasteiger partial charge on any atom is 0.223 e. The molecule has 1 atom stereocenters. The van der Waals surface area contributed by atoms with E-state index in [1.54, 1.807) is 0 Å². The fraction of sp³-hybridized carbons (Fsp3) is 0.625. The van der Waals surface area contributed by atoms with Gasteiger partial charge in [-0.1, -0.05) is 6.92 Å². The minimum absolute atomic E-state index is 0.384. The minimum atomic E-state index is -0.384. The summed E-state index contributed by atoms with van der Waals surface area (Å²) < 4.78 is 5.88. The van der Waals surface area contributed by atoms with Gasteiger partial charge >= 0.3 is 0 Å². The number of aromatic nitrogens is 1. The normalized spacial score (nSPS) is 32.7. The Balaban J connectivity index is 1.89. The van der Waals surface area contributed by atoms with Crippen molar-refractivity contribution in [2.45, 2.75) is 38.0 Å². The molecule has 3 N–H and O–H groups in total. The number of fused-ring (bicyclic) bond motifs is 3. The van der Waals surface area contributed by atoms with E-state index in [0.717, 1.165) is 56.9 Å². The summed E-state index contributed by atoms with van der Waals surface area (Å²) in [5.41, 5.74) is 7.32. The van der Waals surface area contributed by atoms with Gasteiger partial charge in [0, 0.05) is 13.0 Å². The second-order valence-corrected chi connectivity index (χ2v) is 6.58. The first kappa shape index (κ1) is 13.6. The van der Waals surface area contributed by atoms with Crippen molar-refractivity contribution in [2.24, 2.45) is 11.7 Å². The lowest BCUT2D eigenvalue weighted by Crippen LogP contribution is -2.59. The summed E-state index contributed by atoms with van der Waals surface area (Å²) in [5, 5.41) is 12.8. The predicted molar refractivity (Wildman–Crippen MR) is 81.8 cm³/mol. The van der Waals surface area contributed by atoms with E-state index in [4.69, 9.17) is 15.1 Å². The Morgan fingerprint density at radius 3 is 2.86 bits per heavy atom. The Morgan fingerprint density at radius 2 is 2.27 bits per heavy atom. The van der Waals surface area contributed by atoms with Crippen molar-refractivity contribution in [3.05, 3.63) is 23.0 Å². The number of nitrogens with two attached hydrogens (primary N) is 1. The van der Waals surface area contributed by atoms with Crippen molar-refractivity contribution in [1.29, 1.82) is 5.26 Å². The average Bonchev–Trinajstić information content (AvgIpc) is 2.92. The van der Waals surface area contributed by atoms with Crippen LogP contribution in [0.2, 0.25) is 0 Å². The van der Waals surface area contributed by atoms with Crippen LogP contribution in [0.4, 0.5) is 5.88 Å². The Kier molecular flexibility index (Phi) is 2.95. The molecule has 0 aliphatic carbocycles. The molecule has 3 fully saturated rings. The summed E-state index contributed by atoms with van der Waals surface area (Å²) in [6.45, 7) is 5.14. The van der Waals surface area contributed by atoms with E-state index in [1.165, 1.54) is 0 Å². The average molecular weight is 299 g/mol. The molecule has 2 bridgehead atoms. The lowest BCUT2D eigenvalue weighted by Gasteiger charge is -2.53. The second-order valence-electron chi connectivity index (χ2n) is 6.58. The molecule has 22 heavy (non-hydrogen) atoms. The zero-order chi connectivity index (χ0) is 15.3. The molecule has 4 aliphatic rings. The Morgan fingerprint density at radius 1 is 1.50 bits per heavy atom. The van der Waals surface area contributed by atoms with Crippen molar-refractivity contribution in [2.75, 3.05) is 25.0 Å². The SMILES string of the molecule is CCCc1nc2c(o1)NC(N)=C(C#N)C21CN2CCC1CC2. The predicted octanol–water partition coefficient (Wildman–Crippen LogP) is 1.71. The molecule has 0 saturated carbocycles. The third-order valence-electron chi connectivity index (χ3n) is 5.39. The molecule has 0 amide bonds. The number of nitrogens with one attached hydrogen (secondary N) is 1. The summed E-state index contributed by atoms with van der Waals surface area (Å²) in [6, 6.07) is 2.37. The van der Waals surface area contributed by atoms with Gasteiger partial charge in [-0.25, -0.2) is 4.98 Å². The van der Waals surface area contributed by atoms with E-state index >= 15 is 0 Å². The molecule has 5 heterocycles. The van der Waals surface area contributed by atoms with Gasteiger partial charge in [-0.3, -0.25) is 0 Å². The highest BCUT2D eigenvalue weighted by Crippen LogP contribution is 2.53. The zero-order valence-corrected chi connectivity index (χ0v) is 12.9. The van der Waals surface area contributed by atoms with Crippen LogP contribution in [0.1, 0.15) is 37.8 Å². The highest BCUT2D eigenvalue weighted by atomic mass is 16.4. The smallest absolute Gasteiger partial charge is 0.223 e. The van der Waals surface area contributed by atoms with E-state index in [-0.39, 0.29) is 5.41 Å². The molecule has 1 aromatic rings. The molecular formula is C16H21N5O. The monoisotopic (exact) mass is 299 g/mol. The third kappa shape index (κ3) is 1.66. The number of nitriles is 1. The Labute approximate surface area is 130 Å². The molecule has 5 rings (SSSR count). The molecule has 1 unspecified atom stereocenters. The molecule has 1 spiro atoms. The molecule has 0 radical (unpaired) electrons. The summed E-state index contributed by atoms with van der Waals surface area (Å²) in [6.07, 6.45) is 3.97. The fourth-order valence-corrected chi connectivity index (χ4v) is 4.39. The first-order valence-electron chi connectivity index (χ1n) is 8.09. The van der Waals surface area contributed by atoms with Gasteiger partial charge in [-0.2, -0.15) is 5.26 Å². The molecule has 6 nitrogen and oxygen atoms in total. The summed E-state index contributed by atoms with van der Waals surface area (Å²) >= 11 is 0. The number of anilines is 1. The molecule has 4 aliphatic heterocycles. The van der Waals surface area contributed by atoms with Crippen molar-refractivity contribution in [1.82, 2.24) is 9.88 Å². The molecule has 6 heteroatoms. The highest BCUT2D eigenvalue weighted by Gasteiger charge is 2.56. The lowest BCUT2D eigenvalue weighted by atomic mass is 9.60. The van der Waals surface area contributed by atoms with E-state index in [2.05, 4.69) is 23.2 Å². The van der Waals surface area contributed by atoms with Crippen LogP contribution >= 0.6 is 0 Å². The highest BCUT2D eigenvalue weighted by molar-refractivity contribution is 5.62. The molecule has 1 aromatic heterocycles. The quantitative estimate of drug-likeness (QED) is 0.864. The Bertz CT molecular complexity index is 677. The second kappa shape index (κ2) is 4.75. The van der Waals surface area contributed by atoms with Gasteiger partial charge in [0.25, 0.3) is 0 Å². The van der Waals surface area contributed by atoms with Crippen LogP contribution in [0, 0.1) is 17.2 Å². The number of oxazole rings is 1. The fourth-order valence-electron chi connectivity index (χ4n) is 4.39. The van der Waals surface area contributed by atoms with Gasteiger partial charge in [0.2, 0.25) is 5.88 Å². The van der Waals surface area contributed by atoms with E-state index in [9.17, 15) is 5.26 Å². The number of hydrogen-bond donors (Lipinski definition) is 2. The summed E-state index contributed by atoms with van der Waals surface area (Å²) in [7, 11) is 0. The Hall–Kier alpha value is -2.00. The molecular weight excluding hydrogens is 278 g/mol. The van der Waals surface area contributed by atoms with Crippen molar-refractivity contribution in [3.8, 4) is 6.07 Å².